The quantitative estimate of drug-likeness (QED) is 0.864. The Morgan fingerprint density at radius 3 is 2.83 bits per heavy atom. The van der Waals surface area contributed by atoms with Crippen molar-refractivity contribution in [2.75, 3.05) is 0 Å². The Morgan fingerprint density at radius 2 is 2.12 bits per heavy atom. The lowest BCUT2D eigenvalue weighted by Crippen LogP contribution is -2.41. The van der Waals surface area contributed by atoms with Gasteiger partial charge in [-0.1, -0.05) is 6.92 Å². The van der Waals surface area contributed by atoms with E-state index >= 15 is 0 Å². The van der Waals surface area contributed by atoms with Gasteiger partial charge in [-0.25, -0.2) is 4.98 Å². The van der Waals surface area contributed by atoms with Crippen molar-refractivity contribution in [3.05, 3.63) is 23.9 Å². The van der Waals surface area contributed by atoms with Crippen LogP contribution in [0.5, 0.6) is 5.88 Å². The van der Waals surface area contributed by atoms with Gasteiger partial charge in [0.25, 0.3) is 0 Å². The summed E-state index contributed by atoms with van der Waals surface area (Å²) in [6, 6.07) is 3.34. The SMILES string of the molecule is CC1CCC(Oc2cc(CNC(=O)[C@H]3CCC(=O)N3)ccn2)CC1. The Balaban J connectivity index is 1.49. The molecule has 2 heterocycles. The van der Waals surface area contributed by atoms with Gasteiger partial charge in [-0.2, -0.15) is 0 Å². The summed E-state index contributed by atoms with van der Waals surface area (Å²) in [5, 5.41) is 5.53. The Morgan fingerprint density at radius 1 is 1.33 bits per heavy atom. The van der Waals surface area contributed by atoms with Crippen LogP contribution in [-0.2, 0) is 16.1 Å². The monoisotopic (exact) mass is 331 g/mol. The molecule has 1 saturated carbocycles. The van der Waals surface area contributed by atoms with E-state index in [1.54, 1.807) is 6.20 Å². The highest BCUT2D eigenvalue weighted by Gasteiger charge is 2.26. The maximum Gasteiger partial charge on any atom is 0.242 e. The van der Waals surface area contributed by atoms with E-state index in [2.05, 4.69) is 22.5 Å². The summed E-state index contributed by atoms with van der Waals surface area (Å²) in [6.07, 6.45) is 7.49. The number of ether oxygens (including phenoxy) is 1. The first-order chi connectivity index (χ1) is 11.6. The molecular weight excluding hydrogens is 306 g/mol. The van der Waals surface area contributed by atoms with Crippen molar-refractivity contribution in [1.82, 2.24) is 15.6 Å². The van der Waals surface area contributed by atoms with Crippen molar-refractivity contribution in [2.24, 2.45) is 5.92 Å². The van der Waals surface area contributed by atoms with Crippen LogP contribution in [0.25, 0.3) is 0 Å². The Labute approximate surface area is 142 Å². The second-order valence-corrected chi connectivity index (χ2v) is 6.88. The number of aromatic nitrogens is 1. The van der Waals surface area contributed by atoms with Gasteiger partial charge >= 0.3 is 0 Å². The first kappa shape index (κ1) is 16.7. The molecule has 0 bridgehead atoms. The van der Waals surface area contributed by atoms with Gasteiger partial charge in [0.1, 0.15) is 12.1 Å². The first-order valence-corrected chi connectivity index (χ1v) is 8.79. The van der Waals surface area contributed by atoms with E-state index in [1.165, 1.54) is 12.8 Å². The lowest BCUT2D eigenvalue weighted by molar-refractivity contribution is -0.125. The highest BCUT2D eigenvalue weighted by atomic mass is 16.5. The highest BCUT2D eigenvalue weighted by Crippen LogP contribution is 2.26. The molecule has 1 saturated heterocycles. The molecule has 1 aromatic heterocycles. The molecule has 1 aliphatic heterocycles. The van der Waals surface area contributed by atoms with Crippen LogP contribution in [-0.4, -0.2) is 28.9 Å². The molecular formula is C18H25N3O3. The molecule has 2 fully saturated rings. The fourth-order valence-electron chi connectivity index (χ4n) is 3.27. The Bertz CT molecular complexity index is 597. The zero-order valence-electron chi connectivity index (χ0n) is 14.1. The van der Waals surface area contributed by atoms with Crippen LogP contribution >= 0.6 is 0 Å². The minimum atomic E-state index is -0.403. The molecule has 130 valence electrons. The zero-order chi connectivity index (χ0) is 16.9. The number of nitrogens with one attached hydrogen (secondary N) is 2. The fraction of sp³-hybridized carbons (Fsp3) is 0.611. The van der Waals surface area contributed by atoms with Gasteiger partial charge in [0.15, 0.2) is 0 Å². The molecule has 1 atom stereocenters. The fourth-order valence-corrected chi connectivity index (χ4v) is 3.27. The Kier molecular flexibility index (Phi) is 5.33. The van der Waals surface area contributed by atoms with Crippen LogP contribution in [0.2, 0.25) is 0 Å². The van der Waals surface area contributed by atoms with Gasteiger partial charge in [-0.3, -0.25) is 9.59 Å². The number of carbonyl (C=O) groups excluding carboxylic acids is 2. The lowest BCUT2D eigenvalue weighted by atomic mass is 9.89. The molecule has 0 aromatic carbocycles. The predicted octanol–water partition coefficient (Wildman–Crippen LogP) is 1.93. The number of amides is 2. The van der Waals surface area contributed by atoms with Gasteiger partial charge in [0.2, 0.25) is 17.7 Å². The van der Waals surface area contributed by atoms with Crippen molar-refractivity contribution >= 4 is 11.8 Å². The normalized spacial score (nSPS) is 26.7. The van der Waals surface area contributed by atoms with Crippen molar-refractivity contribution in [2.45, 2.75) is 64.1 Å². The lowest BCUT2D eigenvalue weighted by Gasteiger charge is -2.26. The smallest absolute Gasteiger partial charge is 0.242 e. The number of pyridine rings is 1. The van der Waals surface area contributed by atoms with E-state index in [-0.39, 0.29) is 17.9 Å². The average molecular weight is 331 g/mol. The number of hydrogen-bond donors (Lipinski definition) is 2. The molecule has 3 rings (SSSR count). The predicted molar refractivity (Wildman–Crippen MR) is 89.3 cm³/mol. The van der Waals surface area contributed by atoms with Gasteiger partial charge in [-0.05, 0) is 49.7 Å². The largest absolute Gasteiger partial charge is 0.474 e. The van der Waals surface area contributed by atoms with E-state index in [1.807, 2.05) is 12.1 Å². The molecule has 6 heteroatoms. The van der Waals surface area contributed by atoms with Crippen molar-refractivity contribution < 1.29 is 14.3 Å². The minimum Gasteiger partial charge on any atom is -0.474 e. The molecule has 2 aliphatic rings. The minimum absolute atomic E-state index is 0.0588. The highest BCUT2D eigenvalue weighted by molar-refractivity contribution is 5.90. The van der Waals surface area contributed by atoms with Crippen LogP contribution in [0.1, 0.15) is 51.0 Å². The van der Waals surface area contributed by atoms with Crippen molar-refractivity contribution in [1.29, 1.82) is 0 Å². The molecule has 0 radical (unpaired) electrons. The van der Waals surface area contributed by atoms with Crippen LogP contribution in [0.15, 0.2) is 18.3 Å². The van der Waals surface area contributed by atoms with Crippen LogP contribution < -0.4 is 15.4 Å². The summed E-state index contributed by atoms with van der Waals surface area (Å²) >= 11 is 0. The first-order valence-electron chi connectivity index (χ1n) is 8.79. The average Bonchev–Trinajstić information content (AvgIpc) is 3.02. The molecule has 24 heavy (non-hydrogen) atoms. The molecule has 1 aliphatic carbocycles. The number of carbonyl (C=O) groups is 2. The van der Waals surface area contributed by atoms with E-state index < -0.39 is 6.04 Å². The standard InChI is InChI=1S/C18H25N3O3/c1-12-2-4-14(5-3-12)24-17-10-13(8-9-19-17)11-20-18(23)15-6-7-16(22)21-15/h8-10,12,14-15H,2-7,11H2,1H3,(H,20,23)(H,21,22)/t12?,14?,15-/m1/s1. The summed E-state index contributed by atoms with van der Waals surface area (Å²) < 4.78 is 5.98. The van der Waals surface area contributed by atoms with Crippen molar-refractivity contribution in [3.63, 3.8) is 0 Å². The van der Waals surface area contributed by atoms with Gasteiger partial charge in [-0.15, -0.1) is 0 Å². The summed E-state index contributed by atoms with van der Waals surface area (Å²) in [6.45, 7) is 2.69. The Hall–Kier alpha value is -2.11. The van der Waals surface area contributed by atoms with Gasteiger partial charge in [0, 0.05) is 25.2 Å². The number of rotatable bonds is 5. The van der Waals surface area contributed by atoms with Gasteiger partial charge < -0.3 is 15.4 Å². The summed E-state index contributed by atoms with van der Waals surface area (Å²) in [7, 11) is 0. The van der Waals surface area contributed by atoms with Crippen LogP contribution in [0, 0.1) is 5.92 Å². The van der Waals surface area contributed by atoms with E-state index in [4.69, 9.17) is 4.74 Å². The van der Waals surface area contributed by atoms with Crippen LogP contribution in [0.4, 0.5) is 0 Å². The summed E-state index contributed by atoms with van der Waals surface area (Å²) in [5.41, 5.74) is 0.946. The summed E-state index contributed by atoms with van der Waals surface area (Å²) in [5.74, 6) is 1.21. The third kappa shape index (κ3) is 4.46. The van der Waals surface area contributed by atoms with Crippen molar-refractivity contribution in [3.8, 4) is 5.88 Å². The van der Waals surface area contributed by atoms with E-state index in [0.717, 1.165) is 24.3 Å². The molecule has 2 N–H and O–H groups in total. The third-order valence-corrected chi connectivity index (χ3v) is 4.83. The van der Waals surface area contributed by atoms with Gasteiger partial charge in [0.05, 0.1) is 0 Å². The maximum atomic E-state index is 12.0. The molecule has 0 spiro atoms. The molecule has 1 aromatic rings. The zero-order valence-corrected chi connectivity index (χ0v) is 14.1. The molecule has 6 nitrogen and oxygen atoms in total. The maximum absolute atomic E-state index is 12.0. The number of hydrogen-bond acceptors (Lipinski definition) is 4. The second kappa shape index (κ2) is 7.64. The topological polar surface area (TPSA) is 80.3 Å². The summed E-state index contributed by atoms with van der Waals surface area (Å²) in [4.78, 5) is 27.5. The third-order valence-electron chi connectivity index (χ3n) is 4.83. The number of nitrogens with zero attached hydrogens (tertiary/aromatic N) is 1. The second-order valence-electron chi connectivity index (χ2n) is 6.88. The molecule has 0 unspecified atom stereocenters. The molecule has 2 amide bonds. The van der Waals surface area contributed by atoms with E-state index in [0.29, 0.717) is 25.3 Å². The van der Waals surface area contributed by atoms with Crippen LogP contribution in [0.3, 0.4) is 0 Å². The van der Waals surface area contributed by atoms with E-state index in [9.17, 15) is 9.59 Å².